The third kappa shape index (κ3) is 3.18. The van der Waals surface area contributed by atoms with E-state index in [-0.39, 0.29) is 17.4 Å². The number of aromatic carboxylic acids is 1. The molecule has 0 bridgehead atoms. The molecular weight excluding hydrogens is 354 g/mol. The van der Waals surface area contributed by atoms with Gasteiger partial charge in [-0.15, -0.1) is 0 Å². The molecule has 4 rings (SSSR count). The van der Waals surface area contributed by atoms with Gasteiger partial charge in [0.05, 0.1) is 22.4 Å². The third-order valence-corrected chi connectivity index (χ3v) is 4.89. The van der Waals surface area contributed by atoms with Crippen LogP contribution in [0.1, 0.15) is 42.2 Å². The van der Waals surface area contributed by atoms with Gasteiger partial charge >= 0.3 is 5.97 Å². The molecule has 0 saturated carbocycles. The van der Waals surface area contributed by atoms with Crippen molar-refractivity contribution in [2.45, 2.75) is 12.8 Å². The average Bonchev–Trinajstić information content (AvgIpc) is 2.98. The molecule has 1 heterocycles. The number of aryl methyl sites for hydroxylation is 2. The Kier molecular flexibility index (Phi) is 4.49. The van der Waals surface area contributed by atoms with Crippen LogP contribution in [0, 0.1) is 0 Å². The van der Waals surface area contributed by atoms with Crippen molar-refractivity contribution in [1.82, 2.24) is 0 Å². The highest BCUT2D eigenvalue weighted by molar-refractivity contribution is 6.34. The molecule has 1 N–H and O–H groups in total. The minimum atomic E-state index is -0.935. The Labute approximate surface area is 161 Å². The molecule has 138 valence electrons. The Morgan fingerprint density at radius 3 is 1.64 bits per heavy atom. The van der Waals surface area contributed by atoms with Crippen LogP contribution in [0.15, 0.2) is 72.8 Å². The van der Waals surface area contributed by atoms with Crippen LogP contribution in [0.2, 0.25) is 0 Å². The SMILES string of the molecule is O=C(O)c1ccc(CCc2ccc(N3C(=O)c4ccccc4C3=O)cc2)cc1. The zero-order chi connectivity index (χ0) is 19.7. The van der Waals surface area contributed by atoms with Crippen LogP contribution in [0.4, 0.5) is 5.69 Å². The number of fused-ring (bicyclic) bond motifs is 1. The Hall–Kier alpha value is -3.73. The second-order valence-corrected chi connectivity index (χ2v) is 6.66. The van der Waals surface area contributed by atoms with E-state index in [0.717, 1.165) is 24.0 Å². The molecule has 0 saturated heterocycles. The van der Waals surface area contributed by atoms with Crippen molar-refractivity contribution in [1.29, 1.82) is 0 Å². The number of carbonyl (C=O) groups excluding carboxylic acids is 2. The Balaban J connectivity index is 1.45. The summed E-state index contributed by atoms with van der Waals surface area (Å²) in [7, 11) is 0. The number of imide groups is 1. The normalized spacial score (nSPS) is 12.9. The number of nitrogens with zero attached hydrogens (tertiary/aromatic N) is 1. The number of anilines is 1. The molecule has 0 atom stereocenters. The summed E-state index contributed by atoms with van der Waals surface area (Å²) < 4.78 is 0. The molecule has 5 heteroatoms. The number of hydrogen-bond donors (Lipinski definition) is 1. The minimum Gasteiger partial charge on any atom is -0.478 e. The second-order valence-electron chi connectivity index (χ2n) is 6.66. The first kappa shape index (κ1) is 17.7. The fourth-order valence-corrected chi connectivity index (χ4v) is 3.34. The summed E-state index contributed by atoms with van der Waals surface area (Å²) in [6, 6.07) is 21.0. The van der Waals surface area contributed by atoms with Crippen molar-refractivity contribution in [2.75, 3.05) is 4.90 Å². The smallest absolute Gasteiger partial charge is 0.335 e. The molecule has 28 heavy (non-hydrogen) atoms. The molecule has 0 aromatic heterocycles. The van der Waals surface area contributed by atoms with E-state index in [0.29, 0.717) is 16.8 Å². The predicted molar refractivity (Wildman–Crippen MR) is 105 cm³/mol. The molecular formula is C23H17NO4. The Bertz CT molecular complexity index is 1030. The van der Waals surface area contributed by atoms with E-state index in [1.165, 1.54) is 4.90 Å². The van der Waals surface area contributed by atoms with Crippen molar-refractivity contribution in [3.05, 3.63) is 101 Å². The first-order valence-corrected chi connectivity index (χ1v) is 8.93. The van der Waals surface area contributed by atoms with Crippen LogP contribution >= 0.6 is 0 Å². The second kappa shape index (κ2) is 7.12. The van der Waals surface area contributed by atoms with Gasteiger partial charge in [0.2, 0.25) is 0 Å². The van der Waals surface area contributed by atoms with Crippen LogP contribution in [0.25, 0.3) is 0 Å². The summed E-state index contributed by atoms with van der Waals surface area (Å²) in [6.45, 7) is 0. The highest BCUT2D eigenvalue weighted by Crippen LogP contribution is 2.28. The quantitative estimate of drug-likeness (QED) is 0.689. The summed E-state index contributed by atoms with van der Waals surface area (Å²) in [5, 5.41) is 8.94. The number of carbonyl (C=O) groups is 3. The fraction of sp³-hybridized carbons (Fsp3) is 0.0870. The van der Waals surface area contributed by atoms with Crippen LogP contribution in [-0.2, 0) is 12.8 Å². The maximum absolute atomic E-state index is 12.5. The largest absolute Gasteiger partial charge is 0.478 e. The molecule has 2 amide bonds. The van der Waals surface area contributed by atoms with Crippen LogP contribution in [-0.4, -0.2) is 22.9 Å². The standard InChI is InChI=1S/C23H17NO4/c25-21-19-3-1-2-4-20(19)22(26)24(21)18-13-9-16(10-14-18)6-5-15-7-11-17(12-8-15)23(27)28/h1-4,7-14H,5-6H2,(H,27,28). The first-order chi connectivity index (χ1) is 13.5. The van der Waals surface area contributed by atoms with Crippen molar-refractivity contribution in [3.63, 3.8) is 0 Å². The highest BCUT2D eigenvalue weighted by atomic mass is 16.4. The molecule has 5 nitrogen and oxygen atoms in total. The predicted octanol–water partition coefficient (Wildman–Crippen LogP) is 3.97. The topological polar surface area (TPSA) is 74.7 Å². The number of benzene rings is 3. The maximum atomic E-state index is 12.5. The zero-order valence-electron chi connectivity index (χ0n) is 15.0. The highest BCUT2D eigenvalue weighted by Gasteiger charge is 2.36. The summed E-state index contributed by atoms with van der Waals surface area (Å²) >= 11 is 0. The third-order valence-electron chi connectivity index (χ3n) is 4.89. The van der Waals surface area contributed by atoms with Crippen LogP contribution in [0.5, 0.6) is 0 Å². The fourth-order valence-electron chi connectivity index (χ4n) is 3.34. The minimum absolute atomic E-state index is 0.272. The summed E-state index contributed by atoms with van der Waals surface area (Å²) in [4.78, 5) is 37.2. The number of amides is 2. The molecule has 3 aromatic rings. The summed E-state index contributed by atoms with van der Waals surface area (Å²) in [5.41, 5.74) is 3.81. The molecule has 0 fully saturated rings. The Morgan fingerprint density at radius 2 is 1.18 bits per heavy atom. The Morgan fingerprint density at radius 1 is 0.714 bits per heavy atom. The van der Waals surface area contributed by atoms with Gasteiger partial charge in [-0.05, 0) is 60.4 Å². The number of hydrogen-bond acceptors (Lipinski definition) is 3. The van der Waals surface area contributed by atoms with Crippen LogP contribution in [0.3, 0.4) is 0 Å². The lowest BCUT2D eigenvalue weighted by Gasteiger charge is -2.14. The lowest BCUT2D eigenvalue weighted by molar-refractivity contribution is 0.0696. The maximum Gasteiger partial charge on any atom is 0.335 e. The van der Waals surface area contributed by atoms with Crippen LogP contribution < -0.4 is 4.90 Å². The van der Waals surface area contributed by atoms with Gasteiger partial charge in [-0.25, -0.2) is 9.69 Å². The molecule has 0 aliphatic carbocycles. The van der Waals surface area contributed by atoms with E-state index >= 15 is 0 Å². The molecule has 0 unspecified atom stereocenters. The summed E-state index contributed by atoms with van der Waals surface area (Å²) in [6.07, 6.45) is 1.54. The van der Waals surface area contributed by atoms with Crippen molar-refractivity contribution < 1.29 is 19.5 Å². The first-order valence-electron chi connectivity index (χ1n) is 8.93. The lowest BCUT2D eigenvalue weighted by atomic mass is 10.0. The van der Waals surface area contributed by atoms with Crippen molar-refractivity contribution in [3.8, 4) is 0 Å². The van der Waals surface area contributed by atoms with Gasteiger partial charge in [-0.2, -0.15) is 0 Å². The molecule has 0 spiro atoms. The van der Waals surface area contributed by atoms with E-state index in [1.807, 2.05) is 24.3 Å². The summed E-state index contributed by atoms with van der Waals surface area (Å²) in [5.74, 6) is -1.53. The van der Waals surface area contributed by atoms with Gasteiger partial charge in [-0.3, -0.25) is 9.59 Å². The average molecular weight is 371 g/mol. The van der Waals surface area contributed by atoms with E-state index in [4.69, 9.17) is 5.11 Å². The molecule has 1 aliphatic heterocycles. The molecule has 3 aromatic carbocycles. The van der Waals surface area contributed by atoms with Gasteiger partial charge in [0, 0.05) is 0 Å². The number of carboxylic acids is 1. The molecule has 1 aliphatic rings. The van der Waals surface area contributed by atoms with Gasteiger partial charge in [-0.1, -0.05) is 36.4 Å². The van der Waals surface area contributed by atoms with E-state index < -0.39 is 5.97 Å². The van der Waals surface area contributed by atoms with Crippen molar-refractivity contribution >= 4 is 23.5 Å². The van der Waals surface area contributed by atoms with E-state index in [9.17, 15) is 14.4 Å². The number of carboxylic acid groups (broad SMARTS) is 1. The van der Waals surface area contributed by atoms with Gasteiger partial charge in [0.25, 0.3) is 11.8 Å². The van der Waals surface area contributed by atoms with E-state index in [1.54, 1.807) is 48.5 Å². The molecule has 0 radical (unpaired) electrons. The number of rotatable bonds is 5. The monoisotopic (exact) mass is 371 g/mol. The lowest BCUT2D eigenvalue weighted by Crippen LogP contribution is -2.29. The van der Waals surface area contributed by atoms with E-state index in [2.05, 4.69) is 0 Å². The van der Waals surface area contributed by atoms with Crippen molar-refractivity contribution in [2.24, 2.45) is 0 Å². The van der Waals surface area contributed by atoms with Gasteiger partial charge in [0.1, 0.15) is 0 Å². The van der Waals surface area contributed by atoms with Gasteiger partial charge in [0.15, 0.2) is 0 Å². The zero-order valence-corrected chi connectivity index (χ0v) is 15.0. The van der Waals surface area contributed by atoms with Gasteiger partial charge < -0.3 is 5.11 Å².